The fourth-order valence-electron chi connectivity index (χ4n) is 2.02. The third-order valence-electron chi connectivity index (χ3n) is 3.50. The Labute approximate surface area is 112 Å². The minimum atomic E-state index is -0.197. The Kier molecular flexibility index (Phi) is 4.13. The number of rotatable bonds is 3. The Hall–Kier alpha value is -1.93. The lowest BCUT2D eigenvalue weighted by atomic mass is 9.82. The standard InChI is InChI=1S/C14H17N3O2/c1-14(4-6-19-7-5-14)10-17-13(18)12-3-2-11(8-15)9-16-12/h2-3,9H,4-7,10H2,1H3,(H,17,18). The number of pyridine rings is 1. The summed E-state index contributed by atoms with van der Waals surface area (Å²) in [5.74, 6) is -0.197. The second kappa shape index (κ2) is 5.81. The van der Waals surface area contributed by atoms with Crippen molar-refractivity contribution in [2.45, 2.75) is 19.8 Å². The monoisotopic (exact) mass is 259 g/mol. The summed E-state index contributed by atoms with van der Waals surface area (Å²) < 4.78 is 5.33. The summed E-state index contributed by atoms with van der Waals surface area (Å²) in [4.78, 5) is 15.9. The van der Waals surface area contributed by atoms with Crippen LogP contribution < -0.4 is 5.32 Å². The van der Waals surface area contributed by atoms with Crippen LogP contribution in [0.1, 0.15) is 35.8 Å². The summed E-state index contributed by atoms with van der Waals surface area (Å²) in [6, 6.07) is 5.14. The van der Waals surface area contributed by atoms with Crippen LogP contribution in [0, 0.1) is 16.7 Å². The van der Waals surface area contributed by atoms with Crippen molar-refractivity contribution in [1.29, 1.82) is 5.26 Å². The molecular formula is C14H17N3O2. The van der Waals surface area contributed by atoms with Gasteiger partial charge in [-0.15, -0.1) is 0 Å². The third-order valence-corrected chi connectivity index (χ3v) is 3.50. The van der Waals surface area contributed by atoms with Gasteiger partial charge in [0.05, 0.1) is 5.56 Å². The van der Waals surface area contributed by atoms with Gasteiger partial charge in [-0.05, 0) is 30.4 Å². The van der Waals surface area contributed by atoms with E-state index in [1.807, 2.05) is 6.07 Å². The first kappa shape index (κ1) is 13.5. The topological polar surface area (TPSA) is 75.0 Å². The van der Waals surface area contributed by atoms with E-state index in [1.54, 1.807) is 12.1 Å². The zero-order chi connectivity index (χ0) is 13.7. The summed E-state index contributed by atoms with van der Waals surface area (Å²) >= 11 is 0. The number of nitrogens with one attached hydrogen (secondary N) is 1. The van der Waals surface area contributed by atoms with Crippen molar-refractivity contribution in [3.63, 3.8) is 0 Å². The first-order valence-electron chi connectivity index (χ1n) is 6.35. The molecule has 1 aromatic rings. The molecule has 0 bridgehead atoms. The van der Waals surface area contributed by atoms with E-state index in [1.165, 1.54) is 6.20 Å². The van der Waals surface area contributed by atoms with E-state index < -0.39 is 0 Å². The second-order valence-corrected chi connectivity index (χ2v) is 5.15. The van der Waals surface area contributed by atoms with Crippen LogP contribution in [0.3, 0.4) is 0 Å². The molecule has 1 aromatic heterocycles. The number of ether oxygens (including phenoxy) is 1. The smallest absolute Gasteiger partial charge is 0.269 e. The van der Waals surface area contributed by atoms with Crippen LogP contribution in [-0.2, 0) is 4.74 Å². The van der Waals surface area contributed by atoms with Gasteiger partial charge in [-0.2, -0.15) is 5.26 Å². The van der Waals surface area contributed by atoms with Crippen LogP contribution >= 0.6 is 0 Å². The van der Waals surface area contributed by atoms with Crippen molar-refractivity contribution in [3.05, 3.63) is 29.6 Å². The maximum absolute atomic E-state index is 11.9. The zero-order valence-corrected chi connectivity index (χ0v) is 11.0. The van der Waals surface area contributed by atoms with Gasteiger partial charge < -0.3 is 10.1 Å². The van der Waals surface area contributed by atoms with E-state index in [-0.39, 0.29) is 11.3 Å². The van der Waals surface area contributed by atoms with Gasteiger partial charge in [0.1, 0.15) is 11.8 Å². The molecule has 1 saturated heterocycles. The van der Waals surface area contributed by atoms with Crippen molar-refractivity contribution in [1.82, 2.24) is 10.3 Å². The average molecular weight is 259 g/mol. The van der Waals surface area contributed by atoms with Crippen LogP contribution in [0.2, 0.25) is 0 Å². The molecule has 0 spiro atoms. The normalized spacial score (nSPS) is 17.5. The van der Waals surface area contributed by atoms with E-state index in [9.17, 15) is 4.79 Å². The number of aromatic nitrogens is 1. The highest BCUT2D eigenvalue weighted by molar-refractivity contribution is 5.92. The van der Waals surface area contributed by atoms with Gasteiger partial charge >= 0.3 is 0 Å². The summed E-state index contributed by atoms with van der Waals surface area (Å²) in [6.07, 6.45) is 3.31. The number of carbonyl (C=O) groups is 1. The maximum Gasteiger partial charge on any atom is 0.269 e. The summed E-state index contributed by atoms with van der Waals surface area (Å²) in [5, 5.41) is 11.6. The van der Waals surface area contributed by atoms with E-state index in [2.05, 4.69) is 17.2 Å². The molecule has 1 aliphatic rings. The van der Waals surface area contributed by atoms with Crippen molar-refractivity contribution in [2.75, 3.05) is 19.8 Å². The second-order valence-electron chi connectivity index (χ2n) is 5.15. The van der Waals surface area contributed by atoms with Crippen molar-refractivity contribution < 1.29 is 9.53 Å². The molecule has 2 heterocycles. The Morgan fingerprint density at radius 2 is 2.26 bits per heavy atom. The number of hydrogen-bond acceptors (Lipinski definition) is 4. The predicted octanol–water partition coefficient (Wildman–Crippen LogP) is 1.50. The molecule has 100 valence electrons. The molecule has 0 atom stereocenters. The average Bonchev–Trinajstić information content (AvgIpc) is 2.46. The minimum Gasteiger partial charge on any atom is -0.381 e. The lowest BCUT2D eigenvalue weighted by Gasteiger charge is -2.33. The Morgan fingerprint density at radius 1 is 1.53 bits per heavy atom. The molecule has 1 amide bonds. The van der Waals surface area contributed by atoms with Gasteiger partial charge in [0.25, 0.3) is 5.91 Å². The van der Waals surface area contributed by atoms with Gasteiger partial charge in [0, 0.05) is 26.0 Å². The lowest BCUT2D eigenvalue weighted by molar-refractivity contribution is 0.0238. The Morgan fingerprint density at radius 3 is 2.84 bits per heavy atom. The van der Waals surface area contributed by atoms with Crippen LogP contribution in [0.15, 0.2) is 18.3 Å². The van der Waals surface area contributed by atoms with E-state index in [0.717, 1.165) is 26.1 Å². The van der Waals surface area contributed by atoms with E-state index in [0.29, 0.717) is 17.8 Å². The fraction of sp³-hybridized carbons (Fsp3) is 0.500. The molecule has 1 aliphatic heterocycles. The molecule has 5 heteroatoms. The van der Waals surface area contributed by atoms with Crippen LogP contribution in [0.25, 0.3) is 0 Å². The molecule has 2 rings (SSSR count). The summed E-state index contributed by atoms with van der Waals surface area (Å²) in [7, 11) is 0. The molecule has 0 aromatic carbocycles. The van der Waals surface area contributed by atoms with Crippen molar-refractivity contribution >= 4 is 5.91 Å². The number of hydrogen-bond donors (Lipinski definition) is 1. The number of nitriles is 1. The molecular weight excluding hydrogens is 242 g/mol. The van der Waals surface area contributed by atoms with E-state index >= 15 is 0 Å². The fourth-order valence-corrected chi connectivity index (χ4v) is 2.02. The van der Waals surface area contributed by atoms with Gasteiger partial charge in [-0.25, -0.2) is 4.98 Å². The predicted molar refractivity (Wildman–Crippen MR) is 69.4 cm³/mol. The molecule has 5 nitrogen and oxygen atoms in total. The Balaban J connectivity index is 1.91. The summed E-state index contributed by atoms with van der Waals surface area (Å²) in [6.45, 7) is 4.28. The molecule has 0 radical (unpaired) electrons. The number of nitrogens with zero attached hydrogens (tertiary/aromatic N) is 2. The molecule has 0 aliphatic carbocycles. The SMILES string of the molecule is CC1(CNC(=O)c2ccc(C#N)cn2)CCOCC1. The molecule has 0 saturated carbocycles. The van der Waals surface area contributed by atoms with Crippen molar-refractivity contribution in [3.8, 4) is 6.07 Å². The number of amides is 1. The number of carbonyl (C=O) groups excluding carboxylic acids is 1. The van der Waals surface area contributed by atoms with Gasteiger partial charge in [0.15, 0.2) is 0 Å². The van der Waals surface area contributed by atoms with Crippen LogP contribution in [0.4, 0.5) is 0 Å². The minimum absolute atomic E-state index is 0.0977. The first-order chi connectivity index (χ1) is 9.13. The maximum atomic E-state index is 11.9. The molecule has 19 heavy (non-hydrogen) atoms. The zero-order valence-electron chi connectivity index (χ0n) is 11.0. The van der Waals surface area contributed by atoms with Crippen LogP contribution in [-0.4, -0.2) is 30.6 Å². The molecule has 0 unspecified atom stereocenters. The van der Waals surface area contributed by atoms with Crippen LogP contribution in [0.5, 0.6) is 0 Å². The Bertz CT molecular complexity index is 484. The van der Waals surface area contributed by atoms with Gasteiger partial charge in [0.2, 0.25) is 0 Å². The van der Waals surface area contributed by atoms with Crippen molar-refractivity contribution in [2.24, 2.45) is 5.41 Å². The van der Waals surface area contributed by atoms with Gasteiger partial charge in [-0.3, -0.25) is 4.79 Å². The van der Waals surface area contributed by atoms with E-state index in [4.69, 9.17) is 10.00 Å². The third kappa shape index (κ3) is 3.52. The van der Waals surface area contributed by atoms with Gasteiger partial charge in [-0.1, -0.05) is 6.92 Å². The highest BCUT2D eigenvalue weighted by Crippen LogP contribution is 2.28. The quantitative estimate of drug-likeness (QED) is 0.892. The molecule has 1 fully saturated rings. The highest BCUT2D eigenvalue weighted by Gasteiger charge is 2.27. The lowest BCUT2D eigenvalue weighted by Crippen LogP contribution is -2.39. The first-order valence-corrected chi connectivity index (χ1v) is 6.35. The summed E-state index contributed by atoms with van der Waals surface area (Å²) in [5.41, 5.74) is 0.892. The largest absolute Gasteiger partial charge is 0.381 e. The molecule has 1 N–H and O–H groups in total. The highest BCUT2D eigenvalue weighted by atomic mass is 16.5.